The normalized spacial score (nSPS) is 14.5. The third kappa shape index (κ3) is 5.04. The number of allylic oxidation sites excluding steroid dienone is 1. The second kappa shape index (κ2) is 10.8. The molecular formula is C31H27ClN2O5. The minimum absolute atomic E-state index is 0.00356. The lowest BCUT2D eigenvalue weighted by Gasteiger charge is -2.27. The zero-order chi connectivity index (χ0) is 27.7. The van der Waals surface area contributed by atoms with Gasteiger partial charge in [-0.15, -0.1) is 0 Å². The van der Waals surface area contributed by atoms with E-state index in [1.807, 2.05) is 31.2 Å². The molecule has 2 heterocycles. The second-order valence-electron chi connectivity index (χ2n) is 9.44. The van der Waals surface area contributed by atoms with Crippen LogP contribution in [-0.2, 0) is 0 Å². The Kier molecular flexibility index (Phi) is 7.23. The van der Waals surface area contributed by atoms with Crippen LogP contribution in [0.4, 0.5) is 0 Å². The van der Waals surface area contributed by atoms with Gasteiger partial charge in [0.1, 0.15) is 34.5 Å². The highest BCUT2D eigenvalue weighted by atomic mass is 35.5. The Morgan fingerprint density at radius 1 is 1.13 bits per heavy atom. The number of fused-ring (bicyclic) bond motifs is 2. The number of aryl methyl sites for hydroxylation is 2. The van der Waals surface area contributed by atoms with E-state index in [0.717, 1.165) is 34.9 Å². The number of esters is 1. The maximum Gasteiger partial charge on any atom is 0.379 e. The minimum atomic E-state index is -0.650. The highest BCUT2D eigenvalue weighted by Gasteiger charge is 2.31. The number of benzene rings is 3. The van der Waals surface area contributed by atoms with Gasteiger partial charge in [0.2, 0.25) is 11.6 Å². The predicted molar refractivity (Wildman–Crippen MR) is 148 cm³/mol. The Balaban J connectivity index is 1.45. The lowest BCUT2D eigenvalue weighted by atomic mass is 9.83. The van der Waals surface area contributed by atoms with Crippen LogP contribution in [0.25, 0.3) is 11.0 Å². The van der Waals surface area contributed by atoms with E-state index in [0.29, 0.717) is 39.8 Å². The summed E-state index contributed by atoms with van der Waals surface area (Å²) in [4.78, 5) is 13.1. The van der Waals surface area contributed by atoms with E-state index in [1.54, 1.807) is 37.3 Å². The number of hydrogen-bond acceptors (Lipinski definition) is 7. The SMILES string of the molecule is CCCCOc1cccc(C2C(C#N)=C(N)Oc3cc(OC(=O)c4oc5cc(C)c(Cl)cc5c4C)ccc32)c1. The average Bonchev–Trinajstić information content (AvgIpc) is 3.23. The number of halogens is 1. The van der Waals surface area contributed by atoms with Crippen LogP contribution in [0, 0.1) is 25.2 Å². The third-order valence-electron chi connectivity index (χ3n) is 6.76. The Labute approximate surface area is 231 Å². The summed E-state index contributed by atoms with van der Waals surface area (Å²) in [5, 5.41) is 11.2. The largest absolute Gasteiger partial charge is 0.494 e. The second-order valence-corrected chi connectivity index (χ2v) is 9.85. The van der Waals surface area contributed by atoms with E-state index in [2.05, 4.69) is 13.0 Å². The van der Waals surface area contributed by atoms with Crippen molar-refractivity contribution in [2.24, 2.45) is 5.73 Å². The van der Waals surface area contributed by atoms with Gasteiger partial charge in [0.25, 0.3) is 0 Å². The number of hydrogen-bond donors (Lipinski definition) is 1. The first kappa shape index (κ1) is 26.2. The summed E-state index contributed by atoms with van der Waals surface area (Å²) in [5.41, 5.74) is 10.1. The maximum absolute atomic E-state index is 13.1. The van der Waals surface area contributed by atoms with E-state index in [-0.39, 0.29) is 17.4 Å². The summed E-state index contributed by atoms with van der Waals surface area (Å²) in [7, 11) is 0. The molecule has 0 fully saturated rings. The molecule has 2 N–H and O–H groups in total. The number of furan rings is 1. The van der Waals surface area contributed by atoms with E-state index in [1.165, 1.54) is 0 Å². The molecular weight excluding hydrogens is 516 g/mol. The van der Waals surface area contributed by atoms with Crippen molar-refractivity contribution in [3.05, 3.63) is 99.1 Å². The maximum atomic E-state index is 13.1. The van der Waals surface area contributed by atoms with Crippen molar-refractivity contribution in [3.63, 3.8) is 0 Å². The van der Waals surface area contributed by atoms with Crippen molar-refractivity contribution in [1.82, 2.24) is 0 Å². The molecule has 0 saturated carbocycles. The minimum Gasteiger partial charge on any atom is -0.494 e. The fourth-order valence-electron chi connectivity index (χ4n) is 4.65. The van der Waals surface area contributed by atoms with Gasteiger partial charge in [-0.05, 0) is 61.7 Å². The van der Waals surface area contributed by atoms with Crippen molar-refractivity contribution in [1.29, 1.82) is 5.26 Å². The zero-order valence-electron chi connectivity index (χ0n) is 21.8. The van der Waals surface area contributed by atoms with Gasteiger partial charge in [0.05, 0.1) is 12.5 Å². The molecule has 7 nitrogen and oxygen atoms in total. The van der Waals surface area contributed by atoms with Gasteiger partial charge in [-0.1, -0.05) is 43.1 Å². The number of rotatable bonds is 7. The molecule has 0 bridgehead atoms. The van der Waals surface area contributed by atoms with Crippen LogP contribution in [0.3, 0.4) is 0 Å². The van der Waals surface area contributed by atoms with Gasteiger partial charge in [-0.2, -0.15) is 5.26 Å². The number of nitriles is 1. The van der Waals surface area contributed by atoms with Crippen molar-refractivity contribution in [3.8, 4) is 23.3 Å². The van der Waals surface area contributed by atoms with Crippen LogP contribution in [0.2, 0.25) is 5.02 Å². The molecule has 1 atom stereocenters. The molecule has 0 spiro atoms. The Hall–Kier alpha value is -4.41. The molecule has 1 aliphatic rings. The predicted octanol–water partition coefficient (Wildman–Crippen LogP) is 7.32. The fraction of sp³-hybridized carbons (Fsp3) is 0.226. The van der Waals surface area contributed by atoms with Crippen molar-refractivity contribution >= 4 is 28.5 Å². The molecule has 1 aromatic heterocycles. The van der Waals surface area contributed by atoms with E-state index >= 15 is 0 Å². The lowest BCUT2D eigenvalue weighted by molar-refractivity contribution is 0.0702. The van der Waals surface area contributed by atoms with E-state index in [4.69, 9.17) is 36.0 Å². The highest BCUT2D eigenvalue weighted by molar-refractivity contribution is 6.32. The molecule has 0 aliphatic carbocycles. The van der Waals surface area contributed by atoms with Crippen LogP contribution in [0.1, 0.15) is 58.5 Å². The van der Waals surface area contributed by atoms with Gasteiger partial charge in [-0.3, -0.25) is 0 Å². The third-order valence-corrected chi connectivity index (χ3v) is 7.17. The van der Waals surface area contributed by atoms with Crippen LogP contribution in [0.5, 0.6) is 17.2 Å². The molecule has 1 aliphatic heterocycles. The standard InChI is InChI=1S/C31H27ClN2O5/c1-4-5-11-36-20-8-6-7-19(13-20)28-22-10-9-21(14-27(22)39-30(34)24(28)16-33)37-31(35)29-18(3)23-15-25(32)17(2)12-26(23)38-29/h6-10,12-15,28H,4-5,11,34H2,1-3H3. The Bertz CT molecular complexity index is 1660. The Morgan fingerprint density at radius 3 is 2.72 bits per heavy atom. The molecule has 1 unspecified atom stereocenters. The van der Waals surface area contributed by atoms with Gasteiger partial charge >= 0.3 is 5.97 Å². The highest BCUT2D eigenvalue weighted by Crippen LogP contribution is 2.44. The van der Waals surface area contributed by atoms with Gasteiger partial charge < -0.3 is 24.4 Å². The summed E-state index contributed by atoms with van der Waals surface area (Å²) in [5.74, 6) is 0.324. The monoisotopic (exact) mass is 542 g/mol. The zero-order valence-corrected chi connectivity index (χ0v) is 22.6. The molecule has 5 rings (SSSR count). The molecule has 4 aromatic rings. The Morgan fingerprint density at radius 2 is 1.95 bits per heavy atom. The van der Waals surface area contributed by atoms with Crippen LogP contribution in [-0.4, -0.2) is 12.6 Å². The first-order valence-corrected chi connectivity index (χ1v) is 13.0. The fourth-order valence-corrected chi connectivity index (χ4v) is 4.81. The summed E-state index contributed by atoms with van der Waals surface area (Å²) in [6.07, 6.45) is 1.98. The molecule has 0 amide bonds. The average molecular weight is 543 g/mol. The summed E-state index contributed by atoms with van der Waals surface area (Å²) in [6, 6.07) is 18.4. The first-order valence-electron chi connectivity index (χ1n) is 12.7. The number of unbranched alkanes of at least 4 members (excludes halogenated alkanes) is 1. The van der Waals surface area contributed by atoms with E-state index < -0.39 is 11.9 Å². The van der Waals surface area contributed by atoms with Crippen LogP contribution in [0.15, 0.2) is 70.5 Å². The number of carbonyl (C=O) groups excluding carboxylic acids is 1. The topological polar surface area (TPSA) is 108 Å². The van der Waals surface area contributed by atoms with Gasteiger partial charge in [-0.25, -0.2) is 4.79 Å². The molecule has 39 heavy (non-hydrogen) atoms. The number of ether oxygens (including phenoxy) is 3. The quantitative estimate of drug-likeness (QED) is 0.148. The van der Waals surface area contributed by atoms with Gasteiger partial charge in [0.15, 0.2) is 0 Å². The van der Waals surface area contributed by atoms with Crippen molar-refractivity contribution in [2.75, 3.05) is 6.61 Å². The van der Waals surface area contributed by atoms with Crippen molar-refractivity contribution in [2.45, 2.75) is 39.5 Å². The van der Waals surface area contributed by atoms with Crippen molar-refractivity contribution < 1.29 is 23.4 Å². The summed E-state index contributed by atoms with van der Waals surface area (Å²) >= 11 is 6.26. The number of nitrogens with zero attached hydrogens (tertiary/aromatic N) is 1. The molecule has 8 heteroatoms. The molecule has 0 radical (unpaired) electrons. The molecule has 3 aromatic carbocycles. The molecule has 0 saturated heterocycles. The van der Waals surface area contributed by atoms with Crippen LogP contribution >= 0.6 is 11.6 Å². The summed E-state index contributed by atoms with van der Waals surface area (Å²) in [6.45, 7) is 6.36. The van der Waals surface area contributed by atoms with Crippen LogP contribution < -0.4 is 19.9 Å². The smallest absolute Gasteiger partial charge is 0.379 e. The number of nitrogens with two attached hydrogens (primary N) is 1. The van der Waals surface area contributed by atoms with Gasteiger partial charge in [0, 0.05) is 27.6 Å². The van der Waals surface area contributed by atoms with E-state index in [9.17, 15) is 10.1 Å². The number of carbonyl (C=O) groups is 1. The first-order chi connectivity index (χ1) is 18.8. The lowest BCUT2D eigenvalue weighted by Crippen LogP contribution is -2.21. The molecule has 198 valence electrons. The summed E-state index contributed by atoms with van der Waals surface area (Å²) < 4.78 is 23.1.